The normalized spacial score (nSPS) is 10.4. The van der Waals surface area contributed by atoms with Gasteiger partial charge >= 0.3 is 0 Å². The summed E-state index contributed by atoms with van der Waals surface area (Å²) in [6.07, 6.45) is 1.79. The van der Waals surface area contributed by atoms with Gasteiger partial charge in [0.2, 0.25) is 0 Å². The maximum absolute atomic E-state index is 11.9. The largest absolute Gasteiger partial charge is 0.305 e. The van der Waals surface area contributed by atoms with Crippen LogP contribution in [0.15, 0.2) is 18.3 Å². The number of amides is 1. The number of nitrogens with one attached hydrogen (secondary N) is 1. The van der Waals surface area contributed by atoms with Crippen LogP contribution in [0.1, 0.15) is 20.1 Å². The van der Waals surface area contributed by atoms with Gasteiger partial charge in [-0.2, -0.15) is 5.10 Å². The molecule has 0 saturated heterocycles. The lowest BCUT2D eigenvalue weighted by molar-refractivity contribution is 0.102. The van der Waals surface area contributed by atoms with E-state index in [-0.39, 0.29) is 5.91 Å². The Morgan fingerprint density at radius 3 is 2.75 bits per heavy atom. The van der Waals surface area contributed by atoms with Crippen molar-refractivity contribution in [3.8, 4) is 0 Å². The number of aromatic nitrogens is 2. The van der Waals surface area contributed by atoms with Crippen molar-refractivity contribution in [2.75, 3.05) is 5.32 Å². The van der Waals surface area contributed by atoms with Crippen molar-refractivity contribution in [1.29, 1.82) is 0 Å². The second kappa shape index (κ2) is 4.09. The third-order valence-electron chi connectivity index (χ3n) is 2.24. The lowest BCUT2D eigenvalue weighted by Gasteiger charge is -2.00. The quantitative estimate of drug-likeness (QED) is 0.868. The molecule has 2 heterocycles. The van der Waals surface area contributed by atoms with E-state index in [1.807, 2.05) is 27.0 Å². The van der Waals surface area contributed by atoms with Crippen molar-refractivity contribution in [3.63, 3.8) is 0 Å². The molecule has 0 aliphatic carbocycles. The minimum absolute atomic E-state index is 0.0967. The summed E-state index contributed by atoms with van der Waals surface area (Å²) in [5.74, 6) is 0.483. The van der Waals surface area contributed by atoms with Crippen LogP contribution in [0.25, 0.3) is 0 Å². The predicted molar refractivity (Wildman–Crippen MR) is 65.0 cm³/mol. The number of nitrogens with zero attached hydrogens (tertiary/aromatic N) is 2. The first-order chi connectivity index (χ1) is 7.56. The molecule has 0 atom stereocenters. The van der Waals surface area contributed by atoms with Gasteiger partial charge in [-0.25, -0.2) is 0 Å². The molecule has 2 aromatic heterocycles. The average Bonchev–Trinajstić information content (AvgIpc) is 2.73. The molecule has 2 rings (SSSR count). The lowest BCUT2D eigenvalue weighted by Crippen LogP contribution is -2.12. The van der Waals surface area contributed by atoms with E-state index in [0.717, 1.165) is 15.3 Å². The van der Waals surface area contributed by atoms with Crippen molar-refractivity contribution in [2.24, 2.45) is 7.05 Å². The molecule has 2 aromatic rings. The van der Waals surface area contributed by atoms with Crippen LogP contribution in [0.5, 0.6) is 0 Å². The molecule has 0 aliphatic rings. The van der Waals surface area contributed by atoms with E-state index in [0.29, 0.717) is 5.82 Å². The fourth-order valence-electron chi connectivity index (χ4n) is 1.52. The summed E-state index contributed by atoms with van der Waals surface area (Å²) in [5.41, 5.74) is 0.730. The molecule has 0 spiro atoms. The van der Waals surface area contributed by atoms with E-state index >= 15 is 0 Å². The molecule has 0 bridgehead atoms. The Morgan fingerprint density at radius 1 is 1.50 bits per heavy atom. The van der Waals surface area contributed by atoms with Crippen LogP contribution in [-0.4, -0.2) is 15.7 Å². The summed E-state index contributed by atoms with van der Waals surface area (Å²) in [7, 11) is 1.82. The number of aryl methyl sites for hydroxylation is 3. The number of anilines is 1. The van der Waals surface area contributed by atoms with Crippen LogP contribution in [0, 0.1) is 13.8 Å². The van der Waals surface area contributed by atoms with Crippen molar-refractivity contribution >= 4 is 23.1 Å². The molecule has 0 unspecified atom stereocenters. The van der Waals surface area contributed by atoms with Crippen LogP contribution in [0.3, 0.4) is 0 Å². The zero-order valence-electron chi connectivity index (χ0n) is 9.44. The topological polar surface area (TPSA) is 46.9 Å². The fraction of sp³-hybridized carbons (Fsp3) is 0.273. The van der Waals surface area contributed by atoms with Crippen molar-refractivity contribution in [1.82, 2.24) is 9.78 Å². The highest BCUT2D eigenvalue weighted by atomic mass is 32.1. The number of hydrogen-bond acceptors (Lipinski definition) is 3. The number of hydrogen-bond donors (Lipinski definition) is 1. The molecule has 4 nitrogen and oxygen atoms in total. The second-order valence-electron chi connectivity index (χ2n) is 3.66. The Labute approximate surface area is 97.9 Å². The van der Waals surface area contributed by atoms with Gasteiger partial charge in [0.15, 0.2) is 5.82 Å². The first-order valence-electron chi connectivity index (χ1n) is 4.94. The summed E-state index contributed by atoms with van der Waals surface area (Å²) < 4.78 is 1.65. The predicted octanol–water partition coefficient (Wildman–Crippen LogP) is 2.35. The lowest BCUT2D eigenvalue weighted by atomic mass is 10.2. The number of carbonyl (C=O) groups excluding carboxylic acids is 1. The number of thiophene rings is 1. The van der Waals surface area contributed by atoms with Crippen LogP contribution < -0.4 is 5.32 Å². The van der Waals surface area contributed by atoms with Gasteiger partial charge < -0.3 is 5.32 Å². The zero-order chi connectivity index (χ0) is 11.7. The smallest absolute Gasteiger partial charge is 0.257 e. The SMILES string of the molecule is Cc1cc(C(=O)Nc2ccn(C)n2)c(C)s1. The molecule has 0 saturated carbocycles. The molecular weight excluding hydrogens is 222 g/mol. The molecule has 16 heavy (non-hydrogen) atoms. The molecule has 0 fully saturated rings. The van der Waals surface area contributed by atoms with Crippen molar-refractivity contribution in [3.05, 3.63) is 33.6 Å². The van der Waals surface area contributed by atoms with Gasteiger partial charge in [0.05, 0.1) is 5.56 Å². The molecule has 0 radical (unpaired) electrons. The van der Waals surface area contributed by atoms with Crippen molar-refractivity contribution in [2.45, 2.75) is 13.8 Å². The molecule has 84 valence electrons. The van der Waals surface area contributed by atoms with Gasteiger partial charge in [0, 0.05) is 29.1 Å². The first kappa shape index (κ1) is 10.9. The Morgan fingerprint density at radius 2 is 2.25 bits per heavy atom. The molecule has 0 aromatic carbocycles. The van der Waals surface area contributed by atoms with Crippen molar-refractivity contribution < 1.29 is 4.79 Å². The maximum atomic E-state index is 11.9. The van der Waals surface area contributed by atoms with Gasteiger partial charge in [-0.3, -0.25) is 9.48 Å². The summed E-state index contributed by atoms with van der Waals surface area (Å²) in [4.78, 5) is 14.1. The number of rotatable bonds is 2. The molecule has 0 aliphatic heterocycles. The van der Waals surface area contributed by atoms with E-state index in [2.05, 4.69) is 10.4 Å². The fourth-order valence-corrected chi connectivity index (χ4v) is 2.44. The van der Waals surface area contributed by atoms with Gasteiger partial charge in [-0.1, -0.05) is 0 Å². The second-order valence-corrected chi connectivity index (χ2v) is 5.12. The number of carbonyl (C=O) groups is 1. The third kappa shape index (κ3) is 2.14. The molecule has 1 N–H and O–H groups in total. The Bertz CT molecular complexity index is 527. The Hall–Kier alpha value is -1.62. The van der Waals surface area contributed by atoms with Gasteiger partial charge in [0.25, 0.3) is 5.91 Å². The highest BCUT2D eigenvalue weighted by molar-refractivity contribution is 7.12. The highest BCUT2D eigenvalue weighted by Crippen LogP contribution is 2.21. The van der Waals surface area contributed by atoms with Gasteiger partial charge in [0.1, 0.15) is 0 Å². The first-order valence-corrected chi connectivity index (χ1v) is 5.76. The maximum Gasteiger partial charge on any atom is 0.257 e. The van der Waals surface area contributed by atoms with Crippen LogP contribution in [-0.2, 0) is 7.05 Å². The Balaban J connectivity index is 2.17. The standard InChI is InChI=1S/C11H13N3OS/c1-7-6-9(8(2)16-7)11(15)12-10-4-5-14(3)13-10/h4-6H,1-3H3,(H,12,13,15). The van der Waals surface area contributed by atoms with Crippen LogP contribution in [0.4, 0.5) is 5.82 Å². The van der Waals surface area contributed by atoms with Crippen LogP contribution >= 0.6 is 11.3 Å². The summed E-state index contributed by atoms with van der Waals surface area (Å²) in [6, 6.07) is 3.67. The summed E-state index contributed by atoms with van der Waals surface area (Å²) in [6.45, 7) is 3.94. The monoisotopic (exact) mass is 235 g/mol. The minimum Gasteiger partial charge on any atom is -0.305 e. The van der Waals surface area contributed by atoms with Gasteiger partial charge in [-0.15, -0.1) is 11.3 Å². The van der Waals surface area contributed by atoms with E-state index in [9.17, 15) is 4.79 Å². The molecule has 5 heteroatoms. The molecular formula is C11H13N3OS. The third-order valence-corrected chi connectivity index (χ3v) is 3.21. The van der Waals surface area contributed by atoms with E-state index in [1.54, 1.807) is 28.3 Å². The summed E-state index contributed by atoms with van der Waals surface area (Å²) in [5, 5.41) is 6.87. The highest BCUT2D eigenvalue weighted by Gasteiger charge is 2.12. The van der Waals surface area contributed by atoms with E-state index in [1.165, 1.54) is 0 Å². The minimum atomic E-state index is -0.0967. The average molecular weight is 235 g/mol. The van der Waals surface area contributed by atoms with E-state index < -0.39 is 0 Å². The summed E-state index contributed by atoms with van der Waals surface area (Å²) >= 11 is 1.63. The zero-order valence-corrected chi connectivity index (χ0v) is 10.3. The van der Waals surface area contributed by atoms with Crippen LogP contribution in [0.2, 0.25) is 0 Å². The molecule has 1 amide bonds. The Kier molecular flexibility index (Phi) is 2.78. The van der Waals surface area contributed by atoms with E-state index in [4.69, 9.17) is 0 Å². The van der Waals surface area contributed by atoms with Gasteiger partial charge in [-0.05, 0) is 19.9 Å².